The molecule has 2 rings (SSSR count). The van der Waals surface area contributed by atoms with Crippen LogP contribution in [0, 0.1) is 26.2 Å². The van der Waals surface area contributed by atoms with Crippen LogP contribution in [0.1, 0.15) is 16.7 Å². The summed E-state index contributed by atoms with van der Waals surface area (Å²) in [5.41, 5.74) is 2.65. The van der Waals surface area contributed by atoms with Crippen molar-refractivity contribution in [1.29, 1.82) is 0 Å². The minimum atomic E-state index is -0.459. The molecule has 86 valence electrons. The molecule has 0 unspecified atom stereocenters. The van der Waals surface area contributed by atoms with Crippen molar-refractivity contribution in [3.05, 3.63) is 58.5 Å². The van der Waals surface area contributed by atoms with E-state index < -0.39 is 5.82 Å². The Morgan fingerprint density at radius 2 is 2.18 bits per heavy atom. The van der Waals surface area contributed by atoms with Crippen LogP contribution in [0.15, 0.2) is 24.5 Å². The SMILES string of the molecule is [C-]#[N+]c1c(C)cc(Cn2cc(C)cn2)cc1F. The normalized spacial score (nSPS) is 10.2. The number of rotatable bonds is 2. The largest absolute Gasteiger partial charge is 0.268 e. The van der Waals surface area contributed by atoms with Crippen molar-refractivity contribution in [3.63, 3.8) is 0 Å². The first-order chi connectivity index (χ1) is 8.10. The van der Waals surface area contributed by atoms with Gasteiger partial charge in [-0.25, -0.2) is 9.24 Å². The third kappa shape index (κ3) is 2.34. The first-order valence-electron chi connectivity index (χ1n) is 5.25. The number of nitrogens with zero attached hydrogens (tertiary/aromatic N) is 3. The molecule has 0 aliphatic rings. The number of hydrogen-bond donors (Lipinski definition) is 0. The van der Waals surface area contributed by atoms with E-state index in [2.05, 4.69) is 9.94 Å². The lowest BCUT2D eigenvalue weighted by atomic mass is 10.1. The Labute approximate surface area is 99.3 Å². The average Bonchev–Trinajstić information content (AvgIpc) is 2.63. The highest BCUT2D eigenvalue weighted by atomic mass is 19.1. The summed E-state index contributed by atoms with van der Waals surface area (Å²) < 4.78 is 15.3. The summed E-state index contributed by atoms with van der Waals surface area (Å²) >= 11 is 0. The Morgan fingerprint density at radius 3 is 2.71 bits per heavy atom. The van der Waals surface area contributed by atoms with Gasteiger partial charge in [0.05, 0.1) is 19.3 Å². The number of aryl methyl sites for hydroxylation is 2. The average molecular weight is 229 g/mol. The highest BCUT2D eigenvalue weighted by Crippen LogP contribution is 2.24. The third-order valence-corrected chi connectivity index (χ3v) is 2.53. The maximum absolute atomic E-state index is 13.6. The standard InChI is InChI=1S/C13H12FN3/c1-9-6-16-17(7-9)8-11-4-10(2)13(15-3)12(14)5-11/h4-7H,8H2,1-2H3. The van der Waals surface area contributed by atoms with Crippen molar-refractivity contribution in [1.82, 2.24) is 9.78 Å². The predicted molar refractivity (Wildman–Crippen MR) is 63.5 cm³/mol. The fourth-order valence-corrected chi connectivity index (χ4v) is 1.78. The van der Waals surface area contributed by atoms with E-state index in [-0.39, 0.29) is 5.69 Å². The summed E-state index contributed by atoms with van der Waals surface area (Å²) in [5, 5.41) is 4.15. The van der Waals surface area contributed by atoms with Gasteiger partial charge >= 0.3 is 0 Å². The summed E-state index contributed by atoms with van der Waals surface area (Å²) in [7, 11) is 0. The van der Waals surface area contributed by atoms with Gasteiger partial charge in [0.1, 0.15) is 5.82 Å². The molecule has 3 nitrogen and oxygen atoms in total. The molecule has 0 radical (unpaired) electrons. The van der Waals surface area contributed by atoms with Crippen LogP contribution in [0.2, 0.25) is 0 Å². The van der Waals surface area contributed by atoms with Crippen molar-refractivity contribution < 1.29 is 4.39 Å². The Bertz CT molecular complexity index is 570. The van der Waals surface area contributed by atoms with Crippen LogP contribution in [0.3, 0.4) is 0 Å². The lowest BCUT2D eigenvalue weighted by Crippen LogP contribution is -2.00. The summed E-state index contributed by atoms with van der Waals surface area (Å²) in [6.45, 7) is 11.1. The first-order valence-corrected chi connectivity index (χ1v) is 5.25. The van der Waals surface area contributed by atoms with Gasteiger partial charge in [-0.1, -0.05) is 6.07 Å². The van der Waals surface area contributed by atoms with E-state index in [1.165, 1.54) is 6.07 Å². The zero-order valence-electron chi connectivity index (χ0n) is 9.74. The molecule has 17 heavy (non-hydrogen) atoms. The molecule has 0 atom stereocenters. The fourth-order valence-electron chi connectivity index (χ4n) is 1.78. The molecule has 4 heteroatoms. The van der Waals surface area contributed by atoms with Crippen LogP contribution in [0.4, 0.5) is 10.1 Å². The maximum Gasteiger partial charge on any atom is 0.224 e. The van der Waals surface area contributed by atoms with Gasteiger partial charge in [-0.2, -0.15) is 5.10 Å². The van der Waals surface area contributed by atoms with Crippen LogP contribution >= 0.6 is 0 Å². The highest BCUT2D eigenvalue weighted by Gasteiger charge is 2.08. The smallest absolute Gasteiger partial charge is 0.224 e. The summed E-state index contributed by atoms with van der Waals surface area (Å²) in [5.74, 6) is -0.459. The molecule has 0 bridgehead atoms. The molecule has 0 aliphatic carbocycles. The molecular formula is C13H12FN3. The molecule has 0 spiro atoms. The van der Waals surface area contributed by atoms with Gasteiger partial charge in [-0.15, -0.1) is 0 Å². The summed E-state index contributed by atoms with van der Waals surface area (Å²) in [6, 6.07) is 3.23. The second-order valence-corrected chi connectivity index (χ2v) is 4.07. The molecule has 0 saturated heterocycles. The fraction of sp³-hybridized carbons (Fsp3) is 0.231. The molecular weight excluding hydrogens is 217 g/mol. The second-order valence-electron chi connectivity index (χ2n) is 4.07. The van der Waals surface area contributed by atoms with Gasteiger partial charge in [0, 0.05) is 6.20 Å². The zero-order chi connectivity index (χ0) is 12.4. The van der Waals surface area contributed by atoms with E-state index in [9.17, 15) is 4.39 Å². The Hall–Kier alpha value is -2.15. The zero-order valence-corrected chi connectivity index (χ0v) is 9.74. The first kappa shape index (κ1) is 11.3. The minimum Gasteiger partial charge on any atom is -0.268 e. The van der Waals surface area contributed by atoms with Gasteiger partial charge in [-0.05, 0) is 36.6 Å². The highest BCUT2D eigenvalue weighted by molar-refractivity contribution is 5.54. The van der Waals surface area contributed by atoms with Crippen molar-refractivity contribution in [3.8, 4) is 0 Å². The maximum atomic E-state index is 13.6. The monoisotopic (exact) mass is 229 g/mol. The van der Waals surface area contributed by atoms with Gasteiger partial charge in [0.15, 0.2) is 0 Å². The van der Waals surface area contributed by atoms with E-state index in [0.29, 0.717) is 12.1 Å². The van der Waals surface area contributed by atoms with E-state index in [1.807, 2.05) is 19.2 Å². The lowest BCUT2D eigenvalue weighted by Gasteiger charge is -2.06. The van der Waals surface area contributed by atoms with Gasteiger partial charge < -0.3 is 0 Å². The van der Waals surface area contributed by atoms with E-state index in [0.717, 1.165) is 11.1 Å². The molecule has 1 heterocycles. The van der Waals surface area contributed by atoms with Crippen LogP contribution in [0.5, 0.6) is 0 Å². The topological polar surface area (TPSA) is 22.2 Å². The number of aromatic nitrogens is 2. The van der Waals surface area contributed by atoms with Crippen LogP contribution in [0.25, 0.3) is 4.85 Å². The van der Waals surface area contributed by atoms with Crippen molar-refractivity contribution in [2.24, 2.45) is 0 Å². The van der Waals surface area contributed by atoms with Gasteiger partial charge in [-0.3, -0.25) is 4.68 Å². The Kier molecular flexibility index (Phi) is 2.92. The number of halogens is 1. The van der Waals surface area contributed by atoms with Crippen molar-refractivity contribution >= 4 is 5.69 Å². The molecule has 1 aromatic heterocycles. The van der Waals surface area contributed by atoms with Crippen LogP contribution < -0.4 is 0 Å². The summed E-state index contributed by atoms with van der Waals surface area (Å²) in [4.78, 5) is 3.17. The Morgan fingerprint density at radius 1 is 1.41 bits per heavy atom. The molecule has 2 aromatic rings. The van der Waals surface area contributed by atoms with E-state index in [1.54, 1.807) is 17.8 Å². The predicted octanol–water partition coefficient (Wildman–Crippen LogP) is 3.24. The van der Waals surface area contributed by atoms with Gasteiger partial charge in [0.25, 0.3) is 0 Å². The molecule has 0 amide bonds. The number of benzene rings is 1. The molecule has 1 aromatic carbocycles. The summed E-state index contributed by atoms with van der Waals surface area (Å²) in [6.07, 6.45) is 3.66. The molecule has 0 fully saturated rings. The molecule has 0 saturated carbocycles. The Balaban J connectivity index is 2.32. The van der Waals surface area contributed by atoms with E-state index >= 15 is 0 Å². The second kappa shape index (κ2) is 4.38. The van der Waals surface area contributed by atoms with Crippen LogP contribution in [-0.4, -0.2) is 9.78 Å². The van der Waals surface area contributed by atoms with Crippen molar-refractivity contribution in [2.45, 2.75) is 20.4 Å². The van der Waals surface area contributed by atoms with E-state index in [4.69, 9.17) is 6.57 Å². The lowest BCUT2D eigenvalue weighted by molar-refractivity contribution is 0.623. The number of hydrogen-bond acceptors (Lipinski definition) is 1. The van der Waals surface area contributed by atoms with Crippen LogP contribution in [-0.2, 0) is 6.54 Å². The van der Waals surface area contributed by atoms with Gasteiger partial charge in [0.2, 0.25) is 5.69 Å². The minimum absolute atomic E-state index is 0.102. The quantitative estimate of drug-likeness (QED) is 0.725. The molecule has 0 aliphatic heterocycles. The molecule has 0 N–H and O–H groups in total. The van der Waals surface area contributed by atoms with Crippen molar-refractivity contribution in [2.75, 3.05) is 0 Å². The third-order valence-electron chi connectivity index (χ3n) is 2.53.